The average Bonchev–Trinajstić information content (AvgIpc) is 3.07. The molecular weight excluding hydrogens is 258 g/mol. The lowest BCUT2D eigenvalue weighted by Crippen LogP contribution is -2.12. The Balaban J connectivity index is 1.59. The van der Waals surface area contributed by atoms with Gasteiger partial charge in [0.2, 0.25) is 6.79 Å². The third kappa shape index (κ3) is 2.74. The van der Waals surface area contributed by atoms with E-state index < -0.39 is 0 Å². The maximum atomic E-state index is 5.49. The van der Waals surface area contributed by atoms with Gasteiger partial charge in [-0.1, -0.05) is 19.1 Å². The molecule has 2 aromatic rings. The number of thiophene rings is 1. The molecule has 3 nitrogen and oxygen atoms in total. The summed E-state index contributed by atoms with van der Waals surface area (Å²) in [4.78, 5) is 2.82. The Bertz CT molecular complexity index is 565. The van der Waals surface area contributed by atoms with E-state index in [4.69, 9.17) is 9.47 Å². The van der Waals surface area contributed by atoms with Crippen molar-refractivity contribution in [1.29, 1.82) is 0 Å². The third-order valence-electron chi connectivity index (χ3n) is 3.16. The molecule has 2 heterocycles. The highest BCUT2D eigenvalue weighted by Gasteiger charge is 2.16. The Labute approximate surface area is 117 Å². The van der Waals surface area contributed by atoms with Gasteiger partial charge in [-0.15, -0.1) is 11.3 Å². The number of benzene rings is 1. The fourth-order valence-corrected chi connectivity index (χ4v) is 3.09. The molecule has 0 fully saturated rings. The van der Waals surface area contributed by atoms with E-state index in [2.05, 4.69) is 30.4 Å². The maximum Gasteiger partial charge on any atom is 0.231 e. The van der Waals surface area contributed by atoms with Gasteiger partial charge < -0.3 is 14.8 Å². The zero-order valence-electron chi connectivity index (χ0n) is 10.9. The zero-order valence-corrected chi connectivity index (χ0v) is 11.8. The van der Waals surface area contributed by atoms with E-state index in [1.165, 1.54) is 9.75 Å². The topological polar surface area (TPSA) is 30.5 Å². The number of ether oxygens (including phenoxy) is 2. The third-order valence-corrected chi connectivity index (χ3v) is 4.39. The average molecular weight is 275 g/mol. The monoisotopic (exact) mass is 275 g/mol. The normalized spacial score (nSPS) is 12.9. The minimum Gasteiger partial charge on any atom is -0.454 e. The fourth-order valence-electron chi connectivity index (χ4n) is 2.16. The van der Waals surface area contributed by atoms with Gasteiger partial charge in [0.1, 0.15) is 0 Å². The lowest BCUT2D eigenvalue weighted by Gasteiger charge is -2.06. The van der Waals surface area contributed by atoms with Crippen molar-refractivity contribution < 1.29 is 9.47 Å². The maximum absolute atomic E-state index is 5.49. The summed E-state index contributed by atoms with van der Waals surface area (Å²) in [6.45, 7) is 4.21. The first-order valence-corrected chi connectivity index (χ1v) is 7.34. The van der Waals surface area contributed by atoms with Crippen LogP contribution in [0.25, 0.3) is 0 Å². The first-order chi connectivity index (χ1) is 9.36. The quantitative estimate of drug-likeness (QED) is 0.908. The van der Waals surface area contributed by atoms with Crippen LogP contribution in [0.3, 0.4) is 0 Å². The molecule has 4 heteroatoms. The summed E-state index contributed by atoms with van der Waals surface area (Å²) in [7, 11) is 0. The van der Waals surface area contributed by atoms with Gasteiger partial charge in [-0.3, -0.25) is 0 Å². The highest BCUT2D eigenvalue weighted by atomic mass is 32.1. The predicted octanol–water partition coefficient (Wildman–Crippen LogP) is 3.33. The van der Waals surface area contributed by atoms with Crippen LogP contribution < -0.4 is 14.8 Å². The number of hydrogen-bond donors (Lipinski definition) is 1. The van der Waals surface area contributed by atoms with Crippen molar-refractivity contribution in [2.24, 2.45) is 0 Å². The molecule has 0 saturated heterocycles. The summed E-state index contributed by atoms with van der Waals surface area (Å²) in [5.74, 6) is 1.74. The molecule has 1 N–H and O–H groups in total. The van der Waals surface area contributed by atoms with Gasteiger partial charge in [0.15, 0.2) is 11.5 Å². The first kappa shape index (κ1) is 12.5. The minimum absolute atomic E-state index is 0.330. The van der Waals surface area contributed by atoms with E-state index in [-0.39, 0.29) is 0 Å². The molecule has 1 aliphatic rings. The molecule has 0 radical (unpaired) electrons. The van der Waals surface area contributed by atoms with Crippen LogP contribution in [0, 0.1) is 0 Å². The van der Waals surface area contributed by atoms with Crippen LogP contribution in [0.5, 0.6) is 11.5 Å². The summed E-state index contributed by atoms with van der Waals surface area (Å²) >= 11 is 1.88. The summed E-state index contributed by atoms with van der Waals surface area (Å²) in [5.41, 5.74) is 1.15. The molecular formula is C15H17NO2S. The molecule has 1 aromatic heterocycles. The predicted molar refractivity (Wildman–Crippen MR) is 76.8 cm³/mol. The van der Waals surface area contributed by atoms with Crippen LogP contribution in [-0.4, -0.2) is 6.79 Å². The molecule has 1 aromatic carbocycles. The van der Waals surface area contributed by atoms with Gasteiger partial charge in [-0.25, -0.2) is 0 Å². The van der Waals surface area contributed by atoms with Crippen LogP contribution >= 0.6 is 11.3 Å². The highest BCUT2D eigenvalue weighted by Crippen LogP contribution is 2.35. The molecule has 0 bridgehead atoms. The van der Waals surface area contributed by atoms with E-state index in [1.807, 2.05) is 23.5 Å². The summed E-state index contributed by atoms with van der Waals surface area (Å²) < 4.78 is 10.9. The van der Waals surface area contributed by atoms with Gasteiger partial charge in [0.25, 0.3) is 0 Å². The van der Waals surface area contributed by atoms with Gasteiger partial charge in [0.05, 0.1) is 0 Å². The number of nitrogens with one attached hydrogen (secondary N) is 1. The minimum atomic E-state index is 0.330. The molecule has 0 aliphatic carbocycles. The molecule has 0 atom stereocenters. The van der Waals surface area contributed by atoms with Crippen LogP contribution in [0.2, 0.25) is 0 Å². The summed E-state index contributed by atoms with van der Waals surface area (Å²) in [5, 5.41) is 3.46. The molecule has 0 spiro atoms. The Hall–Kier alpha value is -1.52. The second kappa shape index (κ2) is 5.63. The van der Waals surface area contributed by atoms with Crippen molar-refractivity contribution in [2.45, 2.75) is 26.4 Å². The molecule has 1 aliphatic heterocycles. The number of rotatable bonds is 5. The Kier molecular flexibility index (Phi) is 3.71. The Morgan fingerprint density at radius 2 is 2.00 bits per heavy atom. The fraction of sp³-hybridized carbons (Fsp3) is 0.333. The largest absolute Gasteiger partial charge is 0.454 e. The van der Waals surface area contributed by atoms with Crippen molar-refractivity contribution >= 4 is 11.3 Å². The van der Waals surface area contributed by atoms with Gasteiger partial charge in [0, 0.05) is 28.4 Å². The zero-order chi connectivity index (χ0) is 13.1. The second-order valence-corrected chi connectivity index (χ2v) is 5.73. The van der Waals surface area contributed by atoms with Crippen molar-refractivity contribution in [3.63, 3.8) is 0 Å². The number of para-hydroxylation sites is 1. The van der Waals surface area contributed by atoms with Gasteiger partial charge >= 0.3 is 0 Å². The standard InChI is InChI=1S/C15H17NO2S/c1-2-12-6-7-13(19-12)9-16-8-11-4-3-5-14-15(11)18-10-17-14/h3-7,16H,2,8-10H2,1H3. The van der Waals surface area contributed by atoms with E-state index in [9.17, 15) is 0 Å². The number of aryl methyl sites for hydroxylation is 1. The first-order valence-electron chi connectivity index (χ1n) is 6.52. The Morgan fingerprint density at radius 3 is 2.84 bits per heavy atom. The van der Waals surface area contributed by atoms with E-state index in [1.54, 1.807) is 0 Å². The second-order valence-electron chi connectivity index (χ2n) is 4.48. The smallest absolute Gasteiger partial charge is 0.231 e. The van der Waals surface area contributed by atoms with Gasteiger partial charge in [-0.2, -0.15) is 0 Å². The SMILES string of the molecule is CCc1ccc(CNCc2cccc3c2OCO3)s1. The van der Waals surface area contributed by atoms with Crippen molar-refractivity contribution in [2.75, 3.05) is 6.79 Å². The molecule has 0 saturated carbocycles. The Morgan fingerprint density at radius 1 is 1.11 bits per heavy atom. The van der Waals surface area contributed by atoms with Crippen LogP contribution in [0.4, 0.5) is 0 Å². The van der Waals surface area contributed by atoms with E-state index >= 15 is 0 Å². The van der Waals surface area contributed by atoms with E-state index in [0.717, 1.165) is 36.6 Å². The molecule has 19 heavy (non-hydrogen) atoms. The van der Waals surface area contributed by atoms with Crippen molar-refractivity contribution in [3.8, 4) is 11.5 Å². The van der Waals surface area contributed by atoms with Crippen molar-refractivity contribution in [3.05, 3.63) is 45.6 Å². The summed E-state index contributed by atoms with van der Waals surface area (Å²) in [6.07, 6.45) is 1.11. The number of fused-ring (bicyclic) bond motifs is 1. The van der Waals surface area contributed by atoms with E-state index in [0.29, 0.717) is 6.79 Å². The molecule has 3 rings (SSSR count). The highest BCUT2D eigenvalue weighted by molar-refractivity contribution is 7.11. The lowest BCUT2D eigenvalue weighted by molar-refractivity contribution is 0.173. The number of hydrogen-bond acceptors (Lipinski definition) is 4. The van der Waals surface area contributed by atoms with Gasteiger partial charge in [-0.05, 0) is 24.6 Å². The summed E-state index contributed by atoms with van der Waals surface area (Å²) in [6, 6.07) is 10.4. The molecule has 0 amide bonds. The van der Waals surface area contributed by atoms with Crippen LogP contribution in [0.15, 0.2) is 30.3 Å². The van der Waals surface area contributed by atoms with Crippen LogP contribution in [-0.2, 0) is 19.5 Å². The molecule has 0 unspecified atom stereocenters. The molecule has 100 valence electrons. The lowest BCUT2D eigenvalue weighted by atomic mass is 10.2. The van der Waals surface area contributed by atoms with Crippen LogP contribution in [0.1, 0.15) is 22.2 Å². The van der Waals surface area contributed by atoms with Crippen molar-refractivity contribution in [1.82, 2.24) is 5.32 Å².